The molecule has 16 heavy (non-hydrogen) atoms. The fraction of sp³-hybridized carbons (Fsp3) is 0.538. The van der Waals surface area contributed by atoms with Crippen molar-refractivity contribution in [2.24, 2.45) is 11.8 Å². The second-order valence-electron chi connectivity index (χ2n) is 4.90. The highest BCUT2D eigenvalue weighted by atomic mass is 16.2. The summed E-state index contributed by atoms with van der Waals surface area (Å²) in [4.78, 5) is 18.2. The fourth-order valence-electron chi connectivity index (χ4n) is 3.07. The number of fused-ring (bicyclic) bond motifs is 1. The molecule has 1 aromatic heterocycles. The van der Waals surface area contributed by atoms with E-state index in [1.54, 1.807) is 12.4 Å². The van der Waals surface area contributed by atoms with Gasteiger partial charge in [0.1, 0.15) is 0 Å². The number of carbonyl (C=O) groups is 1. The van der Waals surface area contributed by atoms with Crippen molar-refractivity contribution in [3.05, 3.63) is 30.1 Å². The molecule has 2 unspecified atom stereocenters. The first-order chi connectivity index (χ1) is 7.84. The lowest BCUT2D eigenvalue weighted by molar-refractivity contribution is 0.0780. The van der Waals surface area contributed by atoms with Gasteiger partial charge in [0.25, 0.3) is 5.91 Å². The van der Waals surface area contributed by atoms with E-state index in [4.69, 9.17) is 0 Å². The minimum atomic E-state index is 0.155. The van der Waals surface area contributed by atoms with Crippen LogP contribution in [0.4, 0.5) is 0 Å². The van der Waals surface area contributed by atoms with Gasteiger partial charge in [0.05, 0.1) is 5.56 Å². The average Bonchev–Trinajstić information content (AvgIpc) is 2.89. The van der Waals surface area contributed by atoms with Crippen molar-refractivity contribution in [3.8, 4) is 0 Å². The molecule has 3 rings (SSSR count). The third-order valence-electron chi connectivity index (χ3n) is 3.92. The van der Waals surface area contributed by atoms with Crippen LogP contribution in [-0.4, -0.2) is 28.9 Å². The predicted molar refractivity (Wildman–Crippen MR) is 61.0 cm³/mol. The lowest BCUT2D eigenvalue weighted by atomic mass is 10.0. The Labute approximate surface area is 95.5 Å². The second-order valence-corrected chi connectivity index (χ2v) is 4.90. The summed E-state index contributed by atoms with van der Waals surface area (Å²) >= 11 is 0. The molecule has 0 radical (unpaired) electrons. The third-order valence-corrected chi connectivity index (χ3v) is 3.92. The molecule has 84 valence electrons. The molecular formula is C13H16N2O. The zero-order chi connectivity index (χ0) is 11.0. The summed E-state index contributed by atoms with van der Waals surface area (Å²) in [7, 11) is 0. The van der Waals surface area contributed by atoms with Crippen molar-refractivity contribution in [1.82, 2.24) is 9.88 Å². The van der Waals surface area contributed by atoms with Gasteiger partial charge in [-0.1, -0.05) is 6.42 Å². The van der Waals surface area contributed by atoms with Gasteiger partial charge in [0.15, 0.2) is 0 Å². The highest BCUT2D eigenvalue weighted by molar-refractivity contribution is 5.94. The molecule has 1 aliphatic carbocycles. The van der Waals surface area contributed by atoms with E-state index in [0.29, 0.717) is 0 Å². The molecular weight excluding hydrogens is 200 g/mol. The first-order valence-electron chi connectivity index (χ1n) is 6.04. The maximum atomic E-state index is 12.2. The highest BCUT2D eigenvalue weighted by Crippen LogP contribution is 2.38. The van der Waals surface area contributed by atoms with Gasteiger partial charge < -0.3 is 4.90 Å². The fourth-order valence-corrected chi connectivity index (χ4v) is 3.07. The minimum Gasteiger partial charge on any atom is -0.338 e. The lowest BCUT2D eigenvalue weighted by Gasteiger charge is -2.16. The molecule has 2 heterocycles. The number of carbonyl (C=O) groups excluding carboxylic acids is 1. The van der Waals surface area contributed by atoms with Crippen LogP contribution < -0.4 is 0 Å². The van der Waals surface area contributed by atoms with E-state index in [2.05, 4.69) is 4.98 Å². The van der Waals surface area contributed by atoms with Gasteiger partial charge >= 0.3 is 0 Å². The van der Waals surface area contributed by atoms with Gasteiger partial charge in [0.2, 0.25) is 0 Å². The molecule has 1 saturated heterocycles. The van der Waals surface area contributed by atoms with Crippen molar-refractivity contribution in [3.63, 3.8) is 0 Å². The van der Waals surface area contributed by atoms with Gasteiger partial charge in [-0.25, -0.2) is 0 Å². The Kier molecular flexibility index (Phi) is 2.39. The normalized spacial score (nSPS) is 28.1. The monoisotopic (exact) mass is 216 g/mol. The molecule has 2 aliphatic rings. The summed E-state index contributed by atoms with van der Waals surface area (Å²) in [6.07, 6.45) is 7.33. The summed E-state index contributed by atoms with van der Waals surface area (Å²) in [5.74, 6) is 1.68. The van der Waals surface area contributed by atoms with Crippen LogP contribution >= 0.6 is 0 Å². The van der Waals surface area contributed by atoms with E-state index in [9.17, 15) is 4.79 Å². The predicted octanol–water partition coefficient (Wildman–Crippen LogP) is 1.95. The second kappa shape index (κ2) is 3.89. The van der Waals surface area contributed by atoms with Gasteiger partial charge in [-0.3, -0.25) is 9.78 Å². The summed E-state index contributed by atoms with van der Waals surface area (Å²) in [6.45, 7) is 1.91. The Morgan fingerprint density at radius 3 is 2.69 bits per heavy atom. The Morgan fingerprint density at radius 2 is 2.06 bits per heavy atom. The van der Waals surface area contributed by atoms with E-state index in [-0.39, 0.29) is 5.91 Å². The Morgan fingerprint density at radius 1 is 1.31 bits per heavy atom. The topological polar surface area (TPSA) is 33.2 Å². The molecule has 0 N–H and O–H groups in total. The molecule has 1 aliphatic heterocycles. The number of amides is 1. The highest BCUT2D eigenvalue weighted by Gasteiger charge is 2.38. The molecule has 2 fully saturated rings. The maximum Gasteiger partial charge on any atom is 0.255 e. The largest absolute Gasteiger partial charge is 0.338 e. The summed E-state index contributed by atoms with van der Waals surface area (Å²) in [6, 6.07) is 3.67. The SMILES string of the molecule is O=C(c1cccnc1)N1CC2CCCC2C1. The number of rotatable bonds is 1. The number of hydrogen-bond donors (Lipinski definition) is 0. The minimum absolute atomic E-state index is 0.155. The van der Waals surface area contributed by atoms with E-state index in [1.807, 2.05) is 17.0 Å². The molecule has 1 amide bonds. The van der Waals surface area contributed by atoms with Crippen molar-refractivity contribution in [1.29, 1.82) is 0 Å². The van der Waals surface area contributed by atoms with Crippen LogP contribution in [0.15, 0.2) is 24.5 Å². The standard InChI is InChI=1S/C13H16N2O/c16-13(10-5-2-6-14-7-10)15-8-11-3-1-4-12(11)9-15/h2,5-7,11-12H,1,3-4,8-9H2. The van der Waals surface area contributed by atoms with E-state index < -0.39 is 0 Å². The number of pyridine rings is 1. The quantitative estimate of drug-likeness (QED) is 0.719. The van der Waals surface area contributed by atoms with Gasteiger partial charge in [-0.15, -0.1) is 0 Å². The molecule has 1 aromatic rings. The van der Waals surface area contributed by atoms with Crippen molar-refractivity contribution < 1.29 is 4.79 Å². The Bertz CT molecular complexity index is 378. The van der Waals surface area contributed by atoms with Gasteiger partial charge in [-0.05, 0) is 36.8 Å². The average molecular weight is 216 g/mol. The first-order valence-corrected chi connectivity index (χ1v) is 6.04. The van der Waals surface area contributed by atoms with Crippen LogP contribution in [0.5, 0.6) is 0 Å². The Balaban J connectivity index is 1.73. The van der Waals surface area contributed by atoms with Crippen molar-refractivity contribution in [2.45, 2.75) is 19.3 Å². The van der Waals surface area contributed by atoms with E-state index in [1.165, 1.54) is 19.3 Å². The van der Waals surface area contributed by atoms with Crippen LogP contribution in [-0.2, 0) is 0 Å². The van der Waals surface area contributed by atoms with Crippen LogP contribution in [0.3, 0.4) is 0 Å². The first kappa shape index (κ1) is 9.82. The number of aromatic nitrogens is 1. The molecule has 3 heteroatoms. The molecule has 0 spiro atoms. The maximum absolute atomic E-state index is 12.2. The number of likely N-dealkylation sites (tertiary alicyclic amines) is 1. The Hall–Kier alpha value is -1.38. The zero-order valence-corrected chi connectivity index (χ0v) is 9.30. The lowest BCUT2D eigenvalue weighted by Crippen LogP contribution is -2.29. The molecule has 3 nitrogen and oxygen atoms in total. The summed E-state index contributed by atoms with van der Waals surface area (Å²) in [5, 5.41) is 0. The number of nitrogens with zero attached hydrogens (tertiary/aromatic N) is 2. The van der Waals surface area contributed by atoms with Crippen LogP contribution in [0.25, 0.3) is 0 Å². The van der Waals surface area contributed by atoms with Gasteiger partial charge in [0, 0.05) is 25.5 Å². The van der Waals surface area contributed by atoms with Crippen molar-refractivity contribution >= 4 is 5.91 Å². The number of hydrogen-bond acceptors (Lipinski definition) is 2. The van der Waals surface area contributed by atoms with Gasteiger partial charge in [-0.2, -0.15) is 0 Å². The molecule has 0 bridgehead atoms. The molecule has 2 atom stereocenters. The molecule has 0 aromatic carbocycles. The van der Waals surface area contributed by atoms with Crippen LogP contribution in [0, 0.1) is 11.8 Å². The van der Waals surface area contributed by atoms with E-state index >= 15 is 0 Å². The van der Waals surface area contributed by atoms with E-state index in [0.717, 1.165) is 30.5 Å². The van der Waals surface area contributed by atoms with Crippen LogP contribution in [0.1, 0.15) is 29.6 Å². The smallest absolute Gasteiger partial charge is 0.255 e. The summed E-state index contributed by atoms with van der Waals surface area (Å²) in [5.41, 5.74) is 0.725. The van der Waals surface area contributed by atoms with Crippen molar-refractivity contribution in [2.75, 3.05) is 13.1 Å². The third kappa shape index (κ3) is 1.60. The zero-order valence-electron chi connectivity index (χ0n) is 9.30. The molecule has 1 saturated carbocycles. The van der Waals surface area contributed by atoms with Crippen LogP contribution in [0.2, 0.25) is 0 Å². The summed E-state index contributed by atoms with van der Waals surface area (Å²) < 4.78 is 0.